The Labute approximate surface area is 143 Å². The van der Waals surface area contributed by atoms with Gasteiger partial charge in [0.05, 0.1) is 72.7 Å². The maximum atomic E-state index is 10.4. The number of carbonyl (C=O) groups excluding carboxylic acids is 1. The van der Waals surface area contributed by atoms with Crippen LogP contribution in [-0.4, -0.2) is 85.2 Å². The molecule has 0 aliphatic heterocycles. The summed E-state index contributed by atoms with van der Waals surface area (Å²) >= 11 is 0. The molecule has 0 fully saturated rings. The zero-order valence-corrected chi connectivity index (χ0v) is 14.2. The van der Waals surface area contributed by atoms with E-state index >= 15 is 0 Å². The summed E-state index contributed by atoms with van der Waals surface area (Å²) in [5, 5.41) is 0. The Balaban J connectivity index is 2.98. The molecule has 0 rings (SSSR count). The highest BCUT2D eigenvalue weighted by Crippen LogP contribution is 1.85. The van der Waals surface area contributed by atoms with Crippen molar-refractivity contribution in [2.75, 3.05) is 79.3 Å². The molecule has 2 N–H and O–H groups in total. The Morgan fingerprint density at radius 1 is 0.667 bits per heavy atom. The Morgan fingerprint density at radius 2 is 1.00 bits per heavy atom. The van der Waals surface area contributed by atoms with E-state index in [-0.39, 0.29) is 12.3 Å². The van der Waals surface area contributed by atoms with Gasteiger partial charge in [0.2, 0.25) is 5.91 Å². The van der Waals surface area contributed by atoms with Gasteiger partial charge in [0.25, 0.3) is 0 Å². The van der Waals surface area contributed by atoms with Crippen molar-refractivity contribution < 1.29 is 33.2 Å². The first-order valence-electron chi connectivity index (χ1n) is 7.95. The lowest BCUT2D eigenvalue weighted by Gasteiger charge is -2.07. The number of primary amides is 1. The third-order valence-electron chi connectivity index (χ3n) is 2.54. The largest absolute Gasteiger partial charge is 0.379 e. The highest BCUT2D eigenvalue weighted by atomic mass is 16.6. The molecule has 0 aromatic rings. The lowest BCUT2D eigenvalue weighted by atomic mass is 10.4. The number of hydrogen-bond donors (Lipinski definition) is 1. The summed E-state index contributed by atoms with van der Waals surface area (Å²) in [6, 6.07) is 0. The lowest BCUT2D eigenvalue weighted by Crippen LogP contribution is -2.16. The van der Waals surface area contributed by atoms with E-state index in [0.29, 0.717) is 79.3 Å². The van der Waals surface area contributed by atoms with Gasteiger partial charge in [-0.05, 0) is 0 Å². The monoisotopic (exact) mass is 347 g/mol. The average molecular weight is 347 g/mol. The first-order valence-corrected chi connectivity index (χ1v) is 7.95. The van der Waals surface area contributed by atoms with Crippen LogP contribution in [0.3, 0.4) is 0 Å². The van der Waals surface area contributed by atoms with Gasteiger partial charge in [-0.25, -0.2) is 0 Å². The van der Waals surface area contributed by atoms with Crippen molar-refractivity contribution in [3.05, 3.63) is 0 Å². The van der Waals surface area contributed by atoms with Crippen LogP contribution in [0.1, 0.15) is 6.42 Å². The Hall–Kier alpha value is -1.21. The molecule has 0 aliphatic carbocycles. The molecule has 1 amide bonds. The van der Waals surface area contributed by atoms with Crippen molar-refractivity contribution in [3.8, 4) is 12.3 Å². The van der Waals surface area contributed by atoms with Gasteiger partial charge in [0, 0.05) is 6.42 Å². The molecule has 0 atom stereocenters. The Morgan fingerprint density at radius 3 is 1.33 bits per heavy atom. The Kier molecular flexibility index (Phi) is 18.8. The van der Waals surface area contributed by atoms with E-state index in [0.717, 1.165) is 0 Å². The summed E-state index contributed by atoms with van der Waals surface area (Å²) in [5.41, 5.74) is 4.97. The zero-order chi connectivity index (χ0) is 17.7. The highest BCUT2D eigenvalue weighted by molar-refractivity contribution is 5.73. The van der Waals surface area contributed by atoms with Crippen LogP contribution in [0.25, 0.3) is 0 Å². The van der Waals surface area contributed by atoms with Gasteiger partial charge in [-0.2, -0.15) is 0 Å². The minimum atomic E-state index is -0.368. The molecule has 0 saturated carbocycles. The van der Waals surface area contributed by atoms with Crippen molar-refractivity contribution in [3.63, 3.8) is 0 Å². The molecule has 0 unspecified atom stereocenters. The molecule has 0 aliphatic rings. The minimum Gasteiger partial charge on any atom is -0.379 e. The fourth-order valence-electron chi connectivity index (χ4n) is 1.40. The molecule has 0 radical (unpaired) electrons. The smallest absolute Gasteiger partial charge is 0.219 e. The van der Waals surface area contributed by atoms with E-state index in [1.165, 1.54) is 0 Å². The average Bonchev–Trinajstić information content (AvgIpc) is 2.56. The van der Waals surface area contributed by atoms with E-state index in [2.05, 4.69) is 5.92 Å². The van der Waals surface area contributed by atoms with Crippen LogP contribution in [0, 0.1) is 12.3 Å². The number of ether oxygens (including phenoxy) is 6. The molecule has 0 bridgehead atoms. The summed E-state index contributed by atoms with van der Waals surface area (Å²) in [6.07, 6.45) is 5.26. The summed E-state index contributed by atoms with van der Waals surface area (Å²) in [7, 11) is 0. The number of carbonyl (C=O) groups is 1. The van der Waals surface area contributed by atoms with Gasteiger partial charge >= 0.3 is 0 Å². The van der Waals surface area contributed by atoms with Gasteiger partial charge in [0.15, 0.2) is 0 Å². The van der Waals surface area contributed by atoms with Crippen molar-refractivity contribution in [2.45, 2.75) is 6.42 Å². The number of terminal acetylenes is 1. The second-order valence-corrected chi connectivity index (χ2v) is 4.53. The molecule has 0 heterocycles. The number of amides is 1. The third kappa shape index (κ3) is 20.8. The number of rotatable bonds is 19. The topological polar surface area (TPSA) is 98.5 Å². The highest BCUT2D eigenvalue weighted by Gasteiger charge is 1.95. The van der Waals surface area contributed by atoms with Gasteiger partial charge in [0.1, 0.15) is 6.61 Å². The van der Waals surface area contributed by atoms with Gasteiger partial charge in [-0.15, -0.1) is 6.42 Å². The second-order valence-electron chi connectivity index (χ2n) is 4.53. The minimum absolute atomic E-state index is 0.230. The zero-order valence-electron chi connectivity index (χ0n) is 14.2. The predicted octanol–water partition coefficient (Wildman–Crippen LogP) is -0.405. The van der Waals surface area contributed by atoms with Crippen molar-refractivity contribution in [1.29, 1.82) is 0 Å². The summed E-state index contributed by atoms with van der Waals surface area (Å²) < 4.78 is 31.4. The SMILES string of the molecule is C#CCOCCOCCOCCOCCOCCOCCC(N)=O. The second kappa shape index (κ2) is 19.8. The van der Waals surface area contributed by atoms with Crippen LogP contribution < -0.4 is 5.73 Å². The lowest BCUT2D eigenvalue weighted by molar-refractivity contribution is -0.119. The molecular weight excluding hydrogens is 318 g/mol. The van der Waals surface area contributed by atoms with Crippen LogP contribution in [0.2, 0.25) is 0 Å². The van der Waals surface area contributed by atoms with Crippen molar-refractivity contribution in [1.82, 2.24) is 0 Å². The van der Waals surface area contributed by atoms with E-state index in [1.807, 2.05) is 0 Å². The predicted molar refractivity (Wildman–Crippen MR) is 87.6 cm³/mol. The van der Waals surface area contributed by atoms with Gasteiger partial charge < -0.3 is 34.2 Å². The standard InChI is InChI=1S/C16H29NO7/c1-2-4-19-6-8-21-10-12-23-14-15-24-13-11-22-9-7-20-5-3-16(17)18/h1H,3-15H2,(H2,17,18). The van der Waals surface area contributed by atoms with E-state index < -0.39 is 0 Å². The first kappa shape index (κ1) is 22.8. The molecule has 0 spiro atoms. The van der Waals surface area contributed by atoms with Crippen LogP contribution in [0.4, 0.5) is 0 Å². The van der Waals surface area contributed by atoms with Crippen LogP contribution in [0.15, 0.2) is 0 Å². The maximum Gasteiger partial charge on any atom is 0.219 e. The summed E-state index contributed by atoms with van der Waals surface area (Å²) in [4.78, 5) is 10.4. The Bertz CT molecular complexity index is 320. The molecular formula is C16H29NO7. The number of hydrogen-bond acceptors (Lipinski definition) is 7. The molecule has 8 nitrogen and oxygen atoms in total. The maximum absolute atomic E-state index is 10.4. The normalized spacial score (nSPS) is 10.6. The number of nitrogens with two attached hydrogens (primary N) is 1. The molecule has 8 heteroatoms. The van der Waals surface area contributed by atoms with Crippen molar-refractivity contribution in [2.24, 2.45) is 5.73 Å². The van der Waals surface area contributed by atoms with E-state index in [4.69, 9.17) is 40.6 Å². The summed E-state index contributed by atoms with van der Waals surface area (Å²) in [5.74, 6) is 2.01. The van der Waals surface area contributed by atoms with Crippen LogP contribution >= 0.6 is 0 Å². The van der Waals surface area contributed by atoms with E-state index in [9.17, 15) is 4.79 Å². The molecule has 0 saturated heterocycles. The molecule has 0 aromatic heterocycles. The molecule has 24 heavy (non-hydrogen) atoms. The van der Waals surface area contributed by atoms with Crippen LogP contribution in [0.5, 0.6) is 0 Å². The van der Waals surface area contributed by atoms with Crippen LogP contribution in [-0.2, 0) is 33.2 Å². The van der Waals surface area contributed by atoms with Gasteiger partial charge in [-0.3, -0.25) is 4.79 Å². The quantitative estimate of drug-likeness (QED) is 0.251. The van der Waals surface area contributed by atoms with E-state index in [1.54, 1.807) is 0 Å². The van der Waals surface area contributed by atoms with Gasteiger partial charge in [-0.1, -0.05) is 5.92 Å². The fourth-order valence-corrected chi connectivity index (χ4v) is 1.40. The fraction of sp³-hybridized carbons (Fsp3) is 0.812. The first-order chi connectivity index (χ1) is 11.8. The third-order valence-corrected chi connectivity index (χ3v) is 2.54. The summed E-state index contributed by atoms with van der Waals surface area (Å²) in [6.45, 7) is 5.54. The van der Waals surface area contributed by atoms with Crippen molar-refractivity contribution >= 4 is 5.91 Å². The molecule has 0 aromatic carbocycles. The molecule has 140 valence electrons.